The van der Waals surface area contributed by atoms with Gasteiger partial charge in [0.2, 0.25) is 0 Å². The van der Waals surface area contributed by atoms with E-state index in [0.717, 1.165) is 12.6 Å². The Kier molecular flexibility index (Phi) is 4.97. The molecule has 0 aromatic carbocycles. The second-order valence-electron chi connectivity index (χ2n) is 7.74. The van der Waals surface area contributed by atoms with Crippen molar-refractivity contribution in [2.45, 2.75) is 64.1 Å². The maximum atomic E-state index is 4.78. The first-order chi connectivity index (χ1) is 11.0. The summed E-state index contributed by atoms with van der Waals surface area (Å²) >= 11 is 0. The summed E-state index contributed by atoms with van der Waals surface area (Å²) in [6.45, 7) is 7.99. The maximum absolute atomic E-state index is 4.78. The van der Waals surface area contributed by atoms with E-state index >= 15 is 0 Å². The third kappa shape index (κ3) is 3.26. The average molecular weight is 319 g/mol. The van der Waals surface area contributed by atoms with E-state index in [1.807, 2.05) is 4.68 Å². The van der Waals surface area contributed by atoms with Gasteiger partial charge in [0.05, 0.1) is 5.69 Å². The van der Waals surface area contributed by atoms with Crippen molar-refractivity contribution in [2.75, 3.05) is 32.1 Å². The lowest BCUT2D eigenvalue weighted by Crippen LogP contribution is -2.44. The highest BCUT2D eigenvalue weighted by molar-refractivity contribution is 5.50. The molecule has 2 aliphatic rings. The lowest BCUT2D eigenvalue weighted by Gasteiger charge is -2.32. The van der Waals surface area contributed by atoms with Crippen LogP contribution >= 0.6 is 0 Å². The molecule has 2 fully saturated rings. The van der Waals surface area contributed by atoms with Crippen LogP contribution < -0.4 is 10.2 Å². The van der Waals surface area contributed by atoms with Gasteiger partial charge in [-0.3, -0.25) is 9.58 Å². The summed E-state index contributed by atoms with van der Waals surface area (Å²) in [5.41, 5.74) is 2.61. The zero-order valence-electron chi connectivity index (χ0n) is 15.5. The van der Waals surface area contributed by atoms with Gasteiger partial charge < -0.3 is 10.2 Å². The minimum atomic E-state index is 0.460. The first-order valence-electron chi connectivity index (χ1n) is 9.19. The van der Waals surface area contributed by atoms with Crippen molar-refractivity contribution in [2.24, 2.45) is 7.05 Å². The molecule has 5 heteroatoms. The first kappa shape index (κ1) is 16.8. The Hall–Kier alpha value is -1.07. The van der Waals surface area contributed by atoms with Crippen LogP contribution in [0.1, 0.15) is 56.7 Å². The van der Waals surface area contributed by atoms with E-state index in [1.165, 1.54) is 55.8 Å². The predicted octanol–water partition coefficient (Wildman–Crippen LogP) is 2.33. The molecular formula is C18H33N5. The van der Waals surface area contributed by atoms with E-state index in [-0.39, 0.29) is 0 Å². The van der Waals surface area contributed by atoms with Gasteiger partial charge in [0, 0.05) is 51.9 Å². The summed E-state index contributed by atoms with van der Waals surface area (Å²) in [5.74, 6) is 1.70. The van der Waals surface area contributed by atoms with E-state index in [4.69, 9.17) is 5.10 Å². The molecule has 2 atom stereocenters. The number of nitrogens with zero attached hydrogens (tertiary/aromatic N) is 4. The van der Waals surface area contributed by atoms with Gasteiger partial charge in [0.15, 0.2) is 0 Å². The average Bonchev–Trinajstić information content (AvgIpc) is 3.06. The Morgan fingerprint density at radius 3 is 2.70 bits per heavy atom. The zero-order valence-corrected chi connectivity index (χ0v) is 15.5. The van der Waals surface area contributed by atoms with Crippen molar-refractivity contribution in [1.29, 1.82) is 0 Å². The molecule has 0 bridgehead atoms. The molecule has 0 unspecified atom stereocenters. The molecule has 3 rings (SSSR count). The molecule has 1 N–H and O–H groups in total. The van der Waals surface area contributed by atoms with Gasteiger partial charge in [-0.1, -0.05) is 20.3 Å². The topological polar surface area (TPSA) is 36.3 Å². The Bertz CT molecular complexity index is 534. The number of hydrogen-bond donors (Lipinski definition) is 1. The third-order valence-electron chi connectivity index (χ3n) is 5.51. The fourth-order valence-corrected chi connectivity index (χ4v) is 4.49. The number of fused-ring (bicyclic) bond motifs is 1. The summed E-state index contributed by atoms with van der Waals surface area (Å²) in [5, 5.41) is 8.66. The largest absolute Gasteiger partial charge is 0.363 e. The molecule has 0 amide bonds. The minimum Gasteiger partial charge on any atom is -0.363 e. The quantitative estimate of drug-likeness (QED) is 0.904. The van der Waals surface area contributed by atoms with Crippen molar-refractivity contribution in [3.63, 3.8) is 0 Å². The van der Waals surface area contributed by atoms with Crippen molar-refractivity contribution in [1.82, 2.24) is 20.0 Å². The maximum Gasteiger partial charge on any atom is 0.130 e. The lowest BCUT2D eigenvalue weighted by molar-refractivity contribution is 0.180. The number of nitrogens with one attached hydrogen (secondary N) is 1. The van der Waals surface area contributed by atoms with Gasteiger partial charge in [-0.25, -0.2) is 0 Å². The number of anilines is 1. The smallest absolute Gasteiger partial charge is 0.130 e. The highest BCUT2D eigenvalue weighted by Gasteiger charge is 2.35. The highest BCUT2D eigenvalue weighted by Crippen LogP contribution is 2.30. The minimum absolute atomic E-state index is 0.460. The molecule has 1 aromatic heterocycles. The van der Waals surface area contributed by atoms with Crippen molar-refractivity contribution < 1.29 is 0 Å². The summed E-state index contributed by atoms with van der Waals surface area (Å²) in [7, 11) is 6.29. The lowest BCUT2D eigenvalue weighted by atomic mass is 9.98. The predicted molar refractivity (Wildman–Crippen MR) is 96.1 cm³/mol. The fourth-order valence-electron chi connectivity index (χ4n) is 4.49. The standard InChI is InChI=1S/C18H33N5/c1-13(2)17-14(18(21(3)4)22(5)20-17)12-19-15-9-11-23-10-7-6-8-16(15)23/h13,15-16,19H,6-12H2,1-5H3/t15-,16+/m1/s1. The Balaban J connectivity index is 1.75. The molecular weight excluding hydrogens is 286 g/mol. The summed E-state index contributed by atoms with van der Waals surface area (Å²) in [6.07, 6.45) is 5.43. The summed E-state index contributed by atoms with van der Waals surface area (Å²) < 4.78 is 2.04. The van der Waals surface area contributed by atoms with Crippen LogP contribution in [0.3, 0.4) is 0 Å². The molecule has 1 aromatic rings. The molecule has 5 nitrogen and oxygen atoms in total. The number of aryl methyl sites for hydroxylation is 1. The van der Waals surface area contributed by atoms with Crippen LogP contribution in [0.4, 0.5) is 5.82 Å². The molecule has 0 spiro atoms. The number of aromatic nitrogens is 2. The van der Waals surface area contributed by atoms with Crippen LogP contribution in [0.5, 0.6) is 0 Å². The van der Waals surface area contributed by atoms with Gasteiger partial charge in [0.25, 0.3) is 0 Å². The second-order valence-corrected chi connectivity index (χ2v) is 7.74. The van der Waals surface area contributed by atoms with Gasteiger partial charge in [-0.2, -0.15) is 5.10 Å². The van der Waals surface area contributed by atoms with E-state index in [1.54, 1.807) is 0 Å². The van der Waals surface area contributed by atoms with E-state index in [0.29, 0.717) is 12.0 Å². The van der Waals surface area contributed by atoms with E-state index in [9.17, 15) is 0 Å². The van der Waals surface area contributed by atoms with Crippen LogP contribution in [0.2, 0.25) is 0 Å². The Morgan fingerprint density at radius 2 is 2.00 bits per heavy atom. The number of rotatable bonds is 5. The van der Waals surface area contributed by atoms with E-state index in [2.05, 4.69) is 50.1 Å². The van der Waals surface area contributed by atoms with Crippen LogP contribution in [-0.4, -0.2) is 53.9 Å². The molecule has 0 radical (unpaired) electrons. The van der Waals surface area contributed by atoms with Crippen LogP contribution in [0.15, 0.2) is 0 Å². The van der Waals surface area contributed by atoms with E-state index < -0.39 is 0 Å². The molecule has 3 heterocycles. The van der Waals surface area contributed by atoms with Crippen molar-refractivity contribution in [3.05, 3.63) is 11.3 Å². The molecule has 0 aliphatic carbocycles. The summed E-state index contributed by atoms with van der Waals surface area (Å²) in [6, 6.07) is 1.40. The van der Waals surface area contributed by atoms with Crippen LogP contribution in [0.25, 0.3) is 0 Å². The molecule has 23 heavy (non-hydrogen) atoms. The molecule has 2 aliphatic heterocycles. The van der Waals surface area contributed by atoms with Gasteiger partial charge in [-0.15, -0.1) is 0 Å². The number of hydrogen-bond acceptors (Lipinski definition) is 4. The van der Waals surface area contributed by atoms with Gasteiger partial charge >= 0.3 is 0 Å². The van der Waals surface area contributed by atoms with Crippen LogP contribution in [-0.2, 0) is 13.6 Å². The summed E-state index contributed by atoms with van der Waals surface area (Å²) in [4.78, 5) is 4.89. The van der Waals surface area contributed by atoms with Gasteiger partial charge in [0.1, 0.15) is 5.82 Å². The van der Waals surface area contributed by atoms with Crippen LogP contribution in [0, 0.1) is 0 Å². The second kappa shape index (κ2) is 6.81. The first-order valence-corrected chi connectivity index (χ1v) is 9.19. The Labute approximate surface area is 141 Å². The molecule has 0 saturated carbocycles. The Morgan fingerprint density at radius 1 is 1.22 bits per heavy atom. The monoisotopic (exact) mass is 319 g/mol. The highest BCUT2D eigenvalue weighted by atomic mass is 15.4. The normalized spacial score (nSPS) is 25.1. The number of piperidine rings is 1. The third-order valence-corrected chi connectivity index (χ3v) is 5.51. The molecule has 2 saturated heterocycles. The SMILES string of the molecule is CC(C)c1nn(C)c(N(C)C)c1CN[C@@H]1CCN2CCCC[C@@H]12. The molecule has 130 valence electrons. The van der Waals surface area contributed by atoms with Crippen molar-refractivity contribution >= 4 is 5.82 Å². The van der Waals surface area contributed by atoms with Crippen molar-refractivity contribution in [3.8, 4) is 0 Å². The fraction of sp³-hybridized carbons (Fsp3) is 0.833. The zero-order chi connectivity index (χ0) is 16.6. The van der Waals surface area contributed by atoms with Gasteiger partial charge in [-0.05, 0) is 31.7 Å².